The molecule has 1 aromatic heterocycles. The van der Waals surface area contributed by atoms with Crippen molar-refractivity contribution in [3.05, 3.63) is 70.3 Å². The summed E-state index contributed by atoms with van der Waals surface area (Å²) in [6.07, 6.45) is 2.79. The summed E-state index contributed by atoms with van der Waals surface area (Å²) < 4.78 is 15.5. The third kappa shape index (κ3) is 3.96. The predicted molar refractivity (Wildman–Crippen MR) is 130 cm³/mol. The summed E-state index contributed by atoms with van der Waals surface area (Å²) in [5, 5.41) is 4.31. The van der Waals surface area contributed by atoms with Crippen molar-refractivity contribution in [2.75, 3.05) is 22.9 Å². The SMILES string of the molecule is Cc1cc(F)cc(-n2nc(C(N)=O)c3c2C(=O)N(c2ccc(N4CCCCC4=O)cc2C)CC3)c1. The lowest BCUT2D eigenvalue weighted by Gasteiger charge is -2.31. The molecular weight excluding hydrogens is 449 g/mol. The van der Waals surface area contributed by atoms with Gasteiger partial charge in [0.2, 0.25) is 5.91 Å². The fourth-order valence-corrected chi connectivity index (χ4v) is 5.00. The molecule has 2 aliphatic rings. The molecule has 2 aliphatic heterocycles. The van der Waals surface area contributed by atoms with Gasteiger partial charge in [-0.3, -0.25) is 14.4 Å². The Morgan fingerprint density at radius 3 is 2.46 bits per heavy atom. The van der Waals surface area contributed by atoms with E-state index in [4.69, 9.17) is 5.73 Å². The van der Waals surface area contributed by atoms with E-state index < -0.39 is 11.7 Å². The van der Waals surface area contributed by atoms with Crippen LogP contribution >= 0.6 is 0 Å². The van der Waals surface area contributed by atoms with Crippen molar-refractivity contribution in [2.24, 2.45) is 5.73 Å². The Balaban J connectivity index is 1.55. The van der Waals surface area contributed by atoms with Crippen molar-refractivity contribution in [3.63, 3.8) is 0 Å². The summed E-state index contributed by atoms with van der Waals surface area (Å²) in [5.41, 5.74) is 9.61. The number of nitrogens with zero attached hydrogens (tertiary/aromatic N) is 4. The zero-order valence-electron chi connectivity index (χ0n) is 19.7. The van der Waals surface area contributed by atoms with Crippen molar-refractivity contribution in [1.29, 1.82) is 0 Å². The lowest BCUT2D eigenvalue weighted by molar-refractivity contribution is -0.119. The third-order valence-electron chi connectivity index (χ3n) is 6.63. The summed E-state index contributed by atoms with van der Waals surface area (Å²) in [6.45, 7) is 4.66. The minimum absolute atomic E-state index is 0.0191. The highest BCUT2D eigenvalue weighted by Gasteiger charge is 2.35. The average molecular weight is 476 g/mol. The van der Waals surface area contributed by atoms with E-state index >= 15 is 0 Å². The van der Waals surface area contributed by atoms with E-state index in [-0.39, 0.29) is 23.2 Å². The largest absolute Gasteiger partial charge is 0.364 e. The average Bonchev–Trinajstić information content (AvgIpc) is 3.20. The first-order valence-electron chi connectivity index (χ1n) is 11.7. The van der Waals surface area contributed by atoms with E-state index in [1.807, 2.05) is 25.1 Å². The molecule has 9 heteroatoms. The molecular formula is C26H26FN5O3. The molecule has 3 aromatic rings. The monoisotopic (exact) mass is 475 g/mol. The number of hydrogen-bond acceptors (Lipinski definition) is 4. The highest BCUT2D eigenvalue weighted by Crippen LogP contribution is 2.33. The van der Waals surface area contributed by atoms with Crippen LogP contribution < -0.4 is 15.5 Å². The summed E-state index contributed by atoms with van der Waals surface area (Å²) in [7, 11) is 0. The van der Waals surface area contributed by atoms with Crippen LogP contribution in [0.1, 0.15) is 56.9 Å². The molecule has 0 saturated carbocycles. The van der Waals surface area contributed by atoms with E-state index in [0.717, 1.165) is 24.1 Å². The summed E-state index contributed by atoms with van der Waals surface area (Å²) in [4.78, 5) is 41.6. The first-order valence-corrected chi connectivity index (χ1v) is 11.7. The van der Waals surface area contributed by atoms with E-state index in [2.05, 4.69) is 5.10 Å². The predicted octanol–water partition coefficient (Wildman–Crippen LogP) is 3.45. The van der Waals surface area contributed by atoms with E-state index in [1.165, 1.54) is 16.8 Å². The molecule has 5 rings (SSSR count). The number of carbonyl (C=O) groups excluding carboxylic acids is 3. The van der Waals surface area contributed by atoms with Gasteiger partial charge in [-0.05, 0) is 80.6 Å². The van der Waals surface area contributed by atoms with Crippen LogP contribution in [0.25, 0.3) is 5.69 Å². The molecule has 1 saturated heterocycles. The Morgan fingerprint density at radius 1 is 0.971 bits per heavy atom. The molecule has 35 heavy (non-hydrogen) atoms. The molecule has 0 aliphatic carbocycles. The molecule has 0 spiro atoms. The number of halogens is 1. The smallest absolute Gasteiger partial charge is 0.277 e. The zero-order valence-corrected chi connectivity index (χ0v) is 19.7. The Labute approximate surface area is 202 Å². The second kappa shape index (κ2) is 8.65. The Morgan fingerprint density at radius 2 is 1.77 bits per heavy atom. The molecule has 1 fully saturated rings. The number of aromatic nitrogens is 2. The van der Waals surface area contributed by atoms with Crippen LogP contribution in [0, 0.1) is 19.7 Å². The Bertz CT molecular complexity index is 1360. The Hall–Kier alpha value is -4.01. The summed E-state index contributed by atoms with van der Waals surface area (Å²) in [5.74, 6) is -1.45. The number of amides is 3. The highest BCUT2D eigenvalue weighted by atomic mass is 19.1. The lowest BCUT2D eigenvalue weighted by Crippen LogP contribution is -2.39. The first-order chi connectivity index (χ1) is 16.7. The third-order valence-corrected chi connectivity index (χ3v) is 6.63. The number of aryl methyl sites for hydroxylation is 2. The Kier molecular flexibility index (Phi) is 5.62. The maximum absolute atomic E-state index is 14.2. The van der Waals surface area contributed by atoms with Gasteiger partial charge in [0.05, 0.1) is 5.69 Å². The van der Waals surface area contributed by atoms with Crippen molar-refractivity contribution in [2.45, 2.75) is 39.5 Å². The van der Waals surface area contributed by atoms with Gasteiger partial charge < -0.3 is 15.5 Å². The van der Waals surface area contributed by atoms with Gasteiger partial charge in [-0.1, -0.05) is 0 Å². The van der Waals surface area contributed by atoms with E-state index in [0.29, 0.717) is 48.4 Å². The minimum atomic E-state index is -0.735. The topological polar surface area (TPSA) is 102 Å². The van der Waals surface area contributed by atoms with Gasteiger partial charge >= 0.3 is 0 Å². The van der Waals surface area contributed by atoms with E-state index in [9.17, 15) is 18.8 Å². The van der Waals surface area contributed by atoms with Crippen molar-refractivity contribution in [1.82, 2.24) is 9.78 Å². The molecule has 0 radical (unpaired) electrons. The molecule has 3 amide bonds. The second-order valence-corrected chi connectivity index (χ2v) is 9.12. The molecule has 2 aromatic carbocycles. The van der Waals surface area contributed by atoms with Gasteiger partial charge in [0.15, 0.2) is 5.69 Å². The normalized spacial score (nSPS) is 16.0. The van der Waals surface area contributed by atoms with E-state index in [1.54, 1.807) is 22.8 Å². The minimum Gasteiger partial charge on any atom is -0.364 e. The van der Waals surface area contributed by atoms with Crippen LogP contribution in [0.3, 0.4) is 0 Å². The fraction of sp³-hybridized carbons (Fsp3) is 0.308. The summed E-state index contributed by atoms with van der Waals surface area (Å²) in [6, 6.07) is 9.97. The molecule has 2 N–H and O–H groups in total. The van der Waals surface area contributed by atoms with Crippen molar-refractivity contribution < 1.29 is 18.8 Å². The molecule has 0 unspecified atom stereocenters. The zero-order chi connectivity index (χ0) is 24.9. The molecule has 8 nitrogen and oxygen atoms in total. The lowest BCUT2D eigenvalue weighted by atomic mass is 10.0. The van der Waals surface area contributed by atoms with Gasteiger partial charge in [-0.2, -0.15) is 5.10 Å². The van der Waals surface area contributed by atoms with Gasteiger partial charge in [0, 0.05) is 36.4 Å². The van der Waals surface area contributed by atoms with Crippen LogP contribution in [-0.2, 0) is 11.2 Å². The quantitative estimate of drug-likeness (QED) is 0.625. The summed E-state index contributed by atoms with van der Waals surface area (Å²) >= 11 is 0. The van der Waals surface area contributed by atoms with Gasteiger partial charge in [-0.25, -0.2) is 9.07 Å². The van der Waals surface area contributed by atoms with Crippen LogP contribution in [0.4, 0.5) is 15.8 Å². The maximum atomic E-state index is 14.2. The molecule has 3 heterocycles. The van der Waals surface area contributed by atoms with Gasteiger partial charge in [-0.15, -0.1) is 0 Å². The molecule has 0 atom stereocenters. The van der Waals surface area contributed by atoms with Gasteiger partial charge in [0.1, 0.15) is 11.5 Å². The maximum Gasteiger partial charge on any atom is 0.277 e. The number of piperidine rings is 1. The van der Waals surface area contributed by atoms with Crippen LogP contribution in [0.15, 0.2) is 36.4 Å². The first kappa shape index (κ1) is 22.8. The number of anilines is 2. The number of carbonyl (C=O) groups is 3. The van der Waals surface area contributed by atoms with Crippen LogP contribution in [0.2, 0.25) is 0 Å². The van der Waals surface area contributed by atoms with Crippen LogP contribution in [-0.4, -0.2) is 40.6 Å². The number of fused-ring (bicyclic) bond motifs is 1. The number of benzene rings is 2. The highest BCUT2D eigenvalue weighted by molar-refractivity contribution is 6.10. The fourth-order valence-electron chi connectivity index (χ4n) is 5.00. The number of rotatable bonds is 4. The number of nitrogens with two attached hydrogens (primary N) is 1. The van der Waals surface area contributed by atoms with Crippen molar-refractivity contribution in [3.8, 4) is 5.69 Å². The number of primary amides is 1. The number of hydrogen-bond donors (Lipinski definition) is 1. The molecule has 0 bridgehead atoms. The second-order valence-electron chi connectivity index (χ2n) is 9.12. The standard InChI is InChI=1S/C26H26FN5O3/c1-15-11-17(27)14-19(12-15)32-24-20(23(29-32)25(28)34)8-10-31(26(24)35)21-7-6-18(13-16(21)2)30-9-4-3-5-22(30)33/h6-7,11-14H,3-5,8-10H2,1-2H3,(H2,28,34). The van der Waals surface area contributed by atoms with Crippen LogP contribution in [0.5, 0.6) is 0 Å². The van der Waals surface area contributed by atoms with Crippen molar-refractivity contribution >= 4 is 29.1 Å². The molecule has 180 valence electrons. The van der Waals surface area contributed by atoms with Gasteiger partial charge in [0.25, 0.3) is 11.8 Å².